The third-order valence-corrected chi connectivity index (χ3v) is 7.59. The number of nitrogens with zero attached hydrogens (tertiary/aromatic N) is 3. The van der Waals surface area contributed by atoms with Crippen LogP contribution < -0.4 is 10.2 Å². The van der Waals surface area contributed by atoms with E-state index in [1.807, 2.05) is 47.4 Å². The number of fused-ring (bicyclic) bond motifs is 3. The van der Waals surface area contributed by atoms with Gasteiger partial charge in [0.1, 0.15) is 12.6 Å². The summed E-state index contributed by atoms with van der Waals surface area (Å²) in [6.07, 6.45) is 9.62. The summed E-state index contributed by atoms with van der Waals surface area (Å²) < 4.78 is 2.17. The number of para-hydroxylation sites is 2. The van der Waals surface area contributed by atoms with Crippen molar-refractivity contribution in [3.63, 3.8) is 0 Å². The number of amides is 3. The summed E-state index contributed by atoms with van der Waals surface area (Å²) in [5.74, 6) is -0.0514. The molecule has 1 aliphatic heterocycles. The number of anilines is 1. The highest BCUT2D eigenvalue weighted by molar-refractivity contribution is 6.00. The number of hydrogen-bond acceptors (Lipinski definition) is 2. The molecule has 180 valence electrons. The summed E-state index contributed by atoms with van der Waals surface area (Å²) in [4.78, 5) is 31.1. The van der Waals surface area contributed by atoms with Gasteiger partial charge in [0.05, 0.1) is 17.1 Å². The van der Waals surface area contributed by atoms with Gasteiger partial charge in [-0.25, -0.2) is 4.79 Å². The predicted octanol–water partition coefficient (Wildman–Crippen LogP) is 5.42. The van der Waals surface area contributed by atoms with E-state index in [9.17, 15) is 9.59 Å². The second kappa shape index (κ2) is 9.25. The van der Waals surface area contributed by atoms with Crippen molar-refractivity contribution in [1.29, 1.82) is 0 Å². The second-order valence-electron chi connectivity index (χ2n) is 10.0. The van der Waals surface area contributed by atoms with Crippen LogP contribution in [0.5, 0.6) is 0 Å². The van der Waals surface area contributed by atoms with Crippen LogP contribution in [-0.2, 0) is 4.79 Å². The van der Waals surface area contributed by atoms with Crippen molar-refractivity contribution in [1.82, 2.24) is 14.8 Å². The highest BCUT2D eigenvalue weighted by Gasteiger charge is 2.40. The molecule has 6 rings (SSSR count). The van der Waals surface area contributed by atoms with Gasteiger partial charge in [-0.3, -0.25) is 9.69 Å². The van der Waals surface area contributed by atoms with Crippen molar-refractivity contribution in [2.45, 2.75) is 63.1 Å². The molecule has 2 saturated carbocycles. The molecule has 3 aliphatic rings. The number of carbonyl (C=O) groups is 2. The molecule has 0 bridgehead atoms. The Morgan fingerprint density at radius 1 is 0.829 bits per heavy atom. The van der Waals surface area contributed by atoms with Gasteiger partial charge in [0, 0.05) is 18.3 Å². The third kappa shape index (κ3) is 4.22. The Kier molecular flexibility index (Phi) is 5.80. The second-order valence-corrected chi connectivity index (χ2v) is 10.0. The molecule has 3 amide bonds. The Labute approximate surface area is 206 Å². The molecule has 2 fully saturated rings. The van der Waals surface area contributed by atoms with Crippen molar-refractivity contribution in [3.8, 4) is 5.69 Å². The van der Waals surface area contributed by atoms with Crippen LogP contribution >= 0.6 is 0 Å². The highest BCUT2D eigenvalue weighted by Crippen LogP contribution is 2.42. The zero-order valence-electron chi connectivity index (χ0n) is 20.0. The summed E-state index contributed by atoms with van der Waals surface area (Å²) in [7, 11) is 0. The van der Waals surface area contributed by atoms with E-state index in [2.05, 4.69) is 40.3 Å². The van der Waals surface area contributed by atoms with Crippen LogP contribution in [0.15, 0.2) is 72.9 Å². The maximum absolute atomic E-state index is 14.1. The van der Waals surface area contributed by atoms with Gasteiger partial charge >= 0.3 is 6.03 Å². The molecule has 3 aromatic rings. The summed E-state index contributed by atoms with van der Waals surface area (Å²) in [6, 6.07) is 22.4. The third-order valence-electron chi connectivity index (χ3n) is 7.59. The lowest BCUT2D eigenvalue weighted by molar-refractivity contribution is -0.119. The van der Waals surface area contributed by atoms with E-state index in [-0.39, 0.29) is 36.6 Å². The normalized spacial score (nSPS) is 19.5. The van der Waals surface area contributed by atoms with Crippen LogP contribution in [0.4, 0.5) is 10.5 Å². The average Bonchev–Trinajstić information content (AvgIpc) is 3.62. The summed E-state index contributed by atoms with van der Waals surface area (Å²) in [5.41, 5.74) is 3.96. The van der Waals surface area contributed by atoms with Crippen LogP contribution in [0.3, 0.4) is 0 Å². The smallest absolute Gasteiger partial charge is 0.318 e. The van der Waals surface area contributed by atoms with Gasteiger partial charge in [-0.15, -0.1) is 0 Å². The molecular formula is C29H32N4O2. The monoisotopic (exact) mass is 468 g/mol. The minimum absolute atomic E-state index is 0.0514. The van der Waals surface area contributed by atoms with Gasteiger partial charge in [0.25, 0.3) is 0 Å². The van der Waals surface area contributed by atoms with E-state index in [0.29, 0.717) is 0 Å². The molecule has 0 saturated heterocycles. The Bertz CT molecular complexity index is 1210. The number of aromatic nitrogens is 1. The molecule has 1 unspecified atom stereocenters. The van der Waals surface area contributed by atoms with Crippen molar-refractivity contribution in [2.24, 2.45) is 0 Å². The standard InChI is InChI=1S/C29H32N4O2/c34-27(20-32(23-17-18-23)29(35)30-22-12-5-2-6-13-22)33-25-15-8-7-14-24(25)31-19-9-16-26(31)28(33)21-10-3-1-4-11-21/h1,3-4,7-11,14-16,19,22-23,28H,2,5-6,12-13,17-18,20H2,(H,30,35). The fourth-order valence-corrected chi connectivity index (χ4v) is 5.69. The molecule has 1 aromatic heterocycles. The number of carbonyl (C=O) groups excluding carboxylic acids is 2. The molecule has 1 atom stereocenters. The SMILES string of the molecule is O=C(NC1CCCCC1)N(CC(=O)N1c2ccccc2-n2cccc2C1c1ccccc1)C1CC1. The Hall–Kier alpha value is -3.54. The Morgan fingerprint density at radius 2 is 1.54 bits per heavy atom. The lowest BCUT2D eigenvalue weighted by Gasteiger charge is -2.39. The van der Waals surface area contributed by atoms with Crippen molar-refractivity contribution in [2.75, 3.05) is 11.4 Å². The van der Waals surface area contributed by atoms with E-state index in [0.717, 1.165) is 61.2 Å². The zero-order valence-corrected chi connectivity index (χ0v) is 20.0. The molecule has 2 aromatic carbocycles. The first kappa shape index (κ1) is 22.0. The molecule has 1 N–H and O–H groups in total. The van der Waals surface area contributed by atoms with E-state index in [4.69, 9.17) is 0 Å². The molecule has 0 spiro atoms. The summed E-state index contributed by atoms with van der Waals surface area (Å²) in [6.45, 7) is 0.0849. The number of hydrogen-bond donors (Lipinski definition) is 1. The maximum atomic E-state index is 14.1. The quantitative estimate of drug-likeness (QED) is 0.544. The zero-order chi connectivity index (χ0) is 23.8. The minimum atomic E-state index is -0.254. The van der Waals surface area contributed by atoms with Crippen molar-refractivity contribution in [3.05, 3.63) is 84.2 Å². The fraction of sp³-hybridized carbons (Fsp3) is 0.379. The lowest BCUT2D eigenvalue weighted by Crippen LogP contribution is -2.51. The maximum Gasteiger partial charge on any atom is 0.318 e. The van der Waals surface area contributed by atoms with Crippen LogP contribution in [-0.4, -0.2) is 40.0 Å². The molecule has 6 heteroatoms. The first-order valence-electron chi connectivity index (χ1n) is 12.9. The fourth-order valence-electron chi connectivity index (χ4n) is 5.69. The molecule has 0 radical (unpaired) electrons. The lowest BCUT2D eigenvalue weighted by atomic mass is 9.96. The molecule has 6 nitrogen and oxygen atoms in total. The first-order valence-corrected chi connectivity index (χ1v) is 12.9. The molecular weight excluding hydrogens is 436 g/mol. The molecule has 35 heavy (non-hydrogen) atoms. The van der Waals surface area contributed by atoms with Crippen molar-refractivity contribution < 1.29 is 9.59 Å². The average molecular weight is 469 g/mol. The Morgan fingerprint density at radius 3 is 2.29 bits per heavy atom. The molecule has 2 aliphatic carbocycles. The number of nitrogens with one attached hydrogen (secondary N) is 1. The van der Waals surface area contributed by atoms with Gasteiger partial charge in [0.15, 0.2) is 0 Å². The van der Waals surface area contributed by atoms with E-state index in [1.54, 1.807) is 4.90 Å². The molecule has 2 heterocycles. The highest BCUT2D eigenvalue weighted by atomic mass is 16.2. The van der Waals surface area contributed by atoms with Gasteiger partial charge in [0.2, 0.25) is 5.91 Å². The van der Waals surface area contributed by atoms with Crippen LogP contribution in [0, 0.1) is 0 Å². The summed E-state index contributed by atoms with van der Waals surface area (Å²) in [5, 5.41) is 3.23. The van der Waals surface area contributed by atoms with Gasteiger partial charge in [-0.1, -0.05) is 61.7 Å². The number of rotatable bonds is 5. The van der Waals surface area contributed by atoms with Crippen molar-refractivity contribution >= 4 is 17.6 Å². The summed E-state index contributed by atoms with van der Waals surface area (Å²) >= 11 is 0. The van der Waals surface area contributed by atoms with Gasteiger partial charge < -0.3 is 14.8 Å². The van der Waals surface area contributed by atoms with Crippen LogP contribution in [0.2, 0.25) is 0 Å². The van der Waals surface area contributed by atoms with E-state index >= 15 is 0 Å². The number of urea groups is 1. The van der Waals surface area contributed by atoms with Gasteiger partial charge in [-0.05, 0) is 55.5 Å². The first-order chi connectivity index (χ1) is 17.2. The topological polar surface area (TPSA) is 57.6 Å². The van der Waals surface area contributed by atoms with Crippen LogP contribution in [0.25, 0.3) is 5.69 Å². The van der Waals surface area contributed by atoms with Crippen LogP contribution in [0.1, 0.15) is 62.2 Å². The van der Waals surface area contributed by atoms with E-state index < -0.39 is 0 Å². The van der Waals surface area contributed by atoms with Gasteiger partial charge in [-0.2, -0.15) is 0 Å². The largest absolute Gasteiger partial charge is 0.335 e. The minimum Gasteiger partial charge on any atom is -0.335 e. The van der Waals surface area contributed by atoms with E-state index in [1.165, 1.54) is 6.42 Å². The predicted molar refractivity (Wildman–Crippen MR) is 137 cm³/mol. The Balaban J connectivity index is 1.33. The number of benzene rings is 2.